The van der Waals surface area contributed by atoms with Crippen LogP contribution in [0.25, 0.3) is 10.6 Å². The van der Waals surface area contributed by atoms with Crippen molar-refractivity contribution < 1.29 is 14.0 Å². The molecule has 28 heavy (non-hydrogen) atoms. The standard InChI is InChI=1S/C20H19FN4O2S/c1-2-17(26)22-16(12-13-6-4-3-5-7-13)18(27)23-20-25-24-19(28-20)14-8-10-15(21)11-9-14/h3-11,16H,2,12H2,1H3,(H,22,26)(H,23,25,27)/t16-/m1/s1. The second-order valence-corrected chi connectivity index (χ2v) is 7.05. The molecule has 1 aromatic heterocycles. The van der Waals surface area contributed by atoms with Gasteiger partial charge in [-0.1, -0.05) is 48.6 Å². The fourth-order valence-electron chi connectivity index (χ4n) is 2.53. The highest BCUT2D eigenvalue weighted by Gasteiger charge is 2.22. The largest absolute Gasteiger partial charge is 0.344 e. The Kier molecular flexibility index (Phi) is 6.44. The zero-order valence-electron chi connectivity index (χ0n) is 15.2. The summed E-state index contributed by atoms with van der Waals surface area (Å²) in [6.07, 6.45) is 0.647. The Bertz CT molecular complexity index is 944. The van der Waals surface area contributed by atoms with E-state index in [2.05, 4.69) is 20.8 Å². The number of carbonyl (C=O) groups excluding carboxylic acids is 2. The van der Waals surface area contributed by atoms with Gasteiger partial charge in [0.2, 0.25) is 16.9 Å². The molecule has 8 heteroatoms. The van der Waals surface area contributed by atoms with Crippen LogP contribution in [0.2, 0.25) is 0 Å². The number of hydrogen-bond acceptors (Lipinski definition) is 5. The number of nitrogens with one attached hydrogen (secondary N) is 2. The smallest absolute Gasteiger partial charge is 0.249 e. The quantitative estimate of drug-likeness (QED) is 0.639. The molecular formula is C20H19FN4O2S. The first kappa shape index (κ1) is 19.6. The third-order valence-corrected chi connectivity index (χ3v) is 4.89. The molecular weight excluding hydrogens is 379 g/mol. The van der Waals surface area contributed by atoms with Gasteiger partial charge in [-0.05, 0) is 29.8 Å². The molecule has 0 fully saturated rings. The number of halogens is 1. The van der Waals surface area contributed by atoms with E-state index in [9.17, 15) is 14.0 Å². The molecule has 2 amide bonds. The van der Waals surface area contributed by atoms with Gasteiger partial charge >= 0.3 is 0 Å². The molecule has 0 saturated heterocycles. The van der Waals surface area contributed by atoms with E-state index in [1.807, 2.05) is 30.3 Å². The number of benzene rings is 2. The minimum atomic E-state index is -0.729. The molecule has 0 radical (unpaired) electrons. The van der Waals surface area contributed by atoms with Crippen molar-refractivity contribution in [1.29, 1.82) is 0 Å². The van der Waals surface area contributed by atoms with Crippen molar-refractivity contribution in [2.75, 3.05) is 5.32 Å². The van der Waals surface area contributed by atoms with Crippen LogP contribution in [0.4, 0.5) is 9.52 Å². The van der Waals surface area contributed by atoms with Crippen LogP contribution in [0.3, 0.4) is 0 Å². The lowest BCUT2D eigenvalue weighted by Gasteiger charge is -2.17. The number of carbonyl (C=O) groups is 2. The van der Waals surface area contributed by atoms with Gasteiger partial charge in [0.25, 0.3) is 0 Å². The molecule has 1 heterocycles. The average molecular weight is 398 g/mol. The van der Waals surface area contributed by atoms with Crippen LogP contribution < -0.4 is 10.6 Å². The summed E-state index contributed by atoms with van der Waals surface area (Å²) >= 11 is 1.18. The lowest BCUT2D eigenvalue weighted by Crippen LogP contribution is -2.45. The second kappa shape index (κ2) is 9.18. The molecule has 6 nitrogen and oxygen atoms in total. The van der Waals surface area contributed by atoms with Gasteiger partial charge in [-0.15, -0.1) is 10.2 Å². The molecule has 0 aliphatic heterocycles. The van der Waals surface area contributed by atoms with E-state index >= 15 is 0 Å². The summed E-state index contributed by atoms with van der Waals surface area (Å²) < 4.78 is 13.1. The maximum absolute atomic E-state index is 13.1. The van der Waals surface area contributed by atoms with Gasteiger partial charge in [0.05, 0.1) is 0 Å². The van der Waals surface area contributed by atoms with Crippen molar-refractivity contribution in [1.82, 2.24) is 15.5 Å². The van der Waals surface area contributed by atoms with Crippen LogP contribution in [0.1, 0.15) is 18.9 Å². The highest BCUT2D eigenvalue weighted by atomic mass is 32.1. The molecule has 2 N–H and O–H groups in total. The van der Waals surface area contributed by atoms with Crippen molar-refractivity contribution in [3.63, 3.8) is 0 Å². The predicted molar refractivity (Wildman–Crippen MR) is 106 cm³/mol. The van der Waals surface area contributed by atoms with Crippen molar-refractivity contribution in [2.45, 2.75) is 25.8 Å². The zero-order chi connectivity index (χ0) is 19.9. The number of rotatable bonds is 7. The van der Waals surface area contributed by atoms with E-state index in [0.29, 0.717) is 22.1 Å². The number of hydrogen-bond donors (Lipinski definition) is 2. The summed E-state index contributed by atoms with van der Waals surface area (Å²) in [6, 6.07) is 14.6. The lowest BCUT2D eigenvalue weighted by molar-refractivity contribution is -0.126. The molecule has 1 atom stereocenters. The van der Waals surface area contributed by atoms with Crippen molar-refractivity contribution in [3.05, 3.63) is 66.0 Å². The first-order valence-corrected chi connectivity index (χ1v) is 9.60. The van der Waals surface area contributed by atoms with Crippen LogP contribution in [-0.4, -0.2) is 28.1 Å². The highest BCUT2D eigenvalue weighted by molar-refractivity contribution is 7.18. The summed E-state index contributed by atoms with van der Waals surface area (Å²) in [7, 11) is 0. The first-order valence-electron chi connectivity index (χ1n) is 8.78. The number of nitrogens with zero attached hydrogens (tertiary/aromatic N) is 2. The summed E-state index contributed by atoms with van der Waals surface area (Å²) in [5.74, 6) is -0.912. The first-order chi connectivity index (χ1) is 13.5. The summed E-state index contributed by atoms with van der Waals surface area (Å²) in [5.41, 5.74) is 1.64. The maximum atomic E-state index is 13.1. The monoisotopic (exact) mass is 398 g/mol. The van der Waals surface area contributed by atoms with Crippen molar-refractivity contribution >= 4 is 28.3 Å². The molecule has 0 saturated carbocycles. The van der Waals surface area contributed by atoms with Gasteiger partial charge in [-0.25, -0.2) is 4.39 Å². The molecule has 0 aliphatic rings. The van der Waals surface area contributed by atoms with E-state index in [1.54, 1.807) is 19.1 Å². The molecule has 0 unspecified atom stereocenters. The Labute approximate surface area is 165 Å². The summed E-state index contributed by atoms with van der Waals surface area (Å²) in [6.45, 7) is 1.73. The predicted octanol–water partition coefficient (Wildman–Crippen LogP) is 3.42. The Hall–Kier alpha value is -3.13. The minimum absolute atomic E-state index is 0.208. The Morgan fingerprint density at radius 1 is 1.07 bits per heavy atom. The molecule has 0 spiro atoms. The molecule has 2 aromatic carbocycles. The Balaban J connectivity index is 1.72. The maximum Gasteiger partial charge on any atom is 0.249 e. The van der Waals surface area contributed by atoms with E-state index in [4.69, 9.17) is 0 Å². The number of aromatic nitrogens is 2. The summed E-state index contributed by atoms with van der Waals surface area (Å²) in [4.78, 5) is 24.6. The fourth-order valence-corrected chi connectivity index (χ4v) is 3.28. The van der Waals surface area contributed by atoms with Crippen LogP contribution >= 0.6 is 11.3 Å². The van der Waals surface area contributed by atoms with E-state index < -0.39 is 6.04 Å². The molecule has 3 aromatic rings. The van der Waals surface area contributed by atoms with Gasteiger partial charge in [0.1, 0.15) is 16.9 Å². The normalized spacial score (nSPS) is 11.6. The SMILES string of the molecule is CCC(=O)N[C@H](Cc1ccccc1)C(=O)Nc1nnc(-c2ccc(F)cc2)s1. The zero-order valence-corrected chi connectivity index (χ0v) is 16.0. The second-order valence-electron chi connectivity index (χ2n) is 6.07. The van der Waals surface area contributed by atoms with Gasteiger partial charge in [0, 0.05) is 18.4 Å². The lowest BCUT2D eigenvalue weighted by atomic mass is 10.1. The molecule has 144 valence electrons. The highest BCUT2D eigenvalue weighted by Crippen LogP contribution is 2.26. The average Bonchev–Trinajstić information content (AvgIpc) is 3.17. The number of anilines is 1. The van der Waals surface area contributed by atoms with E-state index in [-0.39, 0.29) is 24.1 Å². The third kappa shape index (κ3) is 5.20. The van der Waals surface area contributed by atoms with Gasteiger partial charge in [0.15, 0.2) is 0 Å². The van der Waals surface area contributed by atoms with Gasteiger partial charge in [-0.3, -0.25) is 14.9 Å². The van der Waals surface area contributed by atoms with Gasteiger partial charge in [-0.2, -0.15) is 0 Å². The molecule has 0 aliphatic carbocycles. The Morgan fingerprint density at radius 2 is 1.79 bits per heavy atom. The Morgan fingerprint density at radius 3 is 2.46 bits per heavy atom. The molecule has 0 bridgehead atoms. The fraction of sp³-hybridized carbons (Fsp3) is 0.200. The van der Waals surface area contributed by atoms with Crippen LogP contribution in [0, 0.1) is 5.82 Å². The third-order valence-electron chi connectivity index (χ3n) is 4.00. The van der Waals surface area contributed by atoms with Crippen molar-refractivity contribution in [3.8, 4) is 10.6 Å². The van der Waals surface area contributed by atoms with Crippen molar-refractivity contribution in [2.24, 2.45) is 0 Å². The van der Waals surface area contributed by atoms with Gasteiger partial charge < -0.3 is 5.32 Å². The van der Waals surface area contributed by atoms with Crippen LogP contribution in [0.5, 0.6) is 0 Å². The minimum Gasteiger partial charge on any atom is -0.344 e. The molecule has 3 rings (SSSR count). The number of amides is 2. The van der Waals surface area contributed by atoms with Crippen LogP contribution in [0.15, 0.2) is 54.6 Å². The van der Waals surface area contributed by atoms with Crippen LogP contribution in [-0.2, 0) is 16.0 Å². The topological polar surface area (TPSA) is 84.0 Å². The summed E-state index contributed by atoms with van der Waals surface area (Å²) in [5, 5.41) is 14.3. The van der Waals surface area contributed by atoms with E-state index in [1.165, 1.54) is 23.5 Å². The van der Waals surface area contributed by atoms with E-state index in [0.717, 1.165) is 5.56 Å².